The molecule has 0 bridgehead atoms. The smallest absolute Gasteiger partial charge is 0.317 e. The van der Waals surface area contributed by atoms with Gasteiger partial charge in [-0.05, 0) is 19.9 Å². The van der Waals surface area contributed by atoms with Crippen molar-refractivity contribution in [1.29, 1.82) is 0 Å². The Balaban J connectivity index is 1.80. The number of carbonyl (C=O) groups is 1. The average molecular weight is 343 g/mol. The third-order valence-electron chi connectivity index (χ3n) is 4.35. The summed E-state index contributed by atoms with van der Waals surface area (Å²) in [7, 11) is 3.72. The Labute approximate surface area is 143 Å². The molecule has 1 aliphatic heterocycles. The lowest BCUT2D eigenvalue weighted by molar-refractivity contribution is -0.0177. The number of halogens is 1. The molecule has 1 saturated heterocycles. The van der Waals surface area contributed by atoms with E-state index in [0.29, 0.717) is 24.2 Å². The van der Waals surface area contributed by atoms with E-state index in [2.05, 4.69) is 24.1 Å². The molecule has 1 N–H and O–H groups in total. The van der Waals surface area contributed by atoms with Gasteiger partial charge in [0, 0.05) is 51.2 Å². The van der Waals surface area contributed by atoms with Crippen LogP contribution in [0.2, 0.25) is 5.02 Å². The Kier molecular flexibility index (Phi) is 6.33. The highest BCUT2D eigenvalue weighted by molar-refractivity contribution is 6.30. The predicted molar refractivity (Wildman–Crippen MR) is 91.7 cm³/mol. The maximum Gasteiger partial charge on any atom is 0.317 e. The zero-order chi connectivity index (χ0) is 17.0. The first-order valence-corrected chi connectivity index (χ1v) is 8.39. The molecule has 23 heavy (non-hydrogen) atoms. The minimum Gasteiger partial charge on any atom is -0.379 e. The van der Waals surface area contributed by atoms with Crippen molar-refractivity contribution in [1.82, 2.24) is 19.7 Å². The molecule has 2 heterocycles. The first-order chi connectivity index (χ1) is 10.9. The molecule has 130 valence electrons. The van der Waals surface area contributed by atoms with Crippen LogP contribution in [-0.4, -0.2) is 65.8 Å². The van der Waals surface area contributed by atoms with Crippen LogP contribution in [0, 0.1) is 0 Å². The third kappa shape index (κ3) is 4.86. The molecular weight excluding hydrogens is 316 g/mol. The van der Waals surface area contributed by atoms with Crippen LogP contribution in [0.4, 0.5) is 4.79 Å². The van der Waals surface area contributed by atoms with Crippen LogP contribution in [0.5, 0.6) is 0 Å². The molecule has 2 rings (SSSR count). The second-order valence-corrected chi connectivity index (χ2v) is 6.75. The Bertz CT molecular complexity index is 534. The maximum atomic E-state index is 12.3. The number of hydrogen-bond donors (Lipinski definition) is 1. The van der Waals surface area contributed by atoms with Gasteiger partial charge in [0.15, 0.2) is 0 Å². The number of amides is 2. The Morgan fingerprint density at radius 1 is 1.61 bits per heavy atom. The summed E-state index contributed by atoms with van der Waals surface area (Å²) in [6, 6.07) is 2.48. The van der Waals surface area contributed by atoms with E-state index >= 15 is 0 Å². The van der Waals surface area contributed by atoms with Crippen molar-refractivity contribution in [3.05, 3.63) is 23.0 Å². The van der Waals surface area contributed by atoms with Crippen molar-refractivity contribution in [2.24, 2.45) is 7.05 Å². The number of rotatable bonds is 5. The number of urea groups is 1. The number of hydrogen-bond acceptors (Lipinski definition) is 3. The van der Waals surface area contributed by atoms with E-state index in [4.69, 9.17) is 16.3 Å². The highest BCUT2D eigenvalue weighted by Crippen LogP contribution is 2.14. The normalized spacial score (nSPS) is 20.3. The van der Waals surface area contributed by atoms with Crippen LogP contribution in [0.15, 0.2) is 12.3 Å². The van der Waals surface area contributed by atoms with Gasteiger partial charge in [-0.25, -0.2) is 4.79 Å². The van der Waals surface area contributed by atoms with Crippen LogP contribution < -0.4 is 5.32 Å². The maximum absolute atomic E-state index is 12.3. The van der Waals surface area contributed by atoms with E-state index < -0.39 is 0 Å². The summed E-state index contributed by atoms with van der Waals surface area (Å²) < 4.78 is 7.39. The fourth-order valence-corrected chi connectivity index (χ4v) is 3.19. The van der Waals surface area contributed by atoms with Gasteiger partial charge >= 0.3 is 6.03 Å². The third-order valence-corrected chi connectivity index (χ3v) is 4.56. The van der Waals surface area contributed by atoms with Gasteiger partial charge in [-0.1, -0.05) is 11.6 Å². The fourth-order valence-electron chi connectivity index (χ4n) is 2.92. The first-order valence-electron chi connectivity index (χ1n) is 8.01. The number of ether oxygens (including phenoxy) is 1. The quantitative estimate of drug-likeness (QED) is 0.889. The van der Waals surface area contributed by atoms with Crippen LogP contribution in [0.1, 0.15) is 19.5 Å². The largest absolute Gasteiger partial charge is 0.379 e. The number of nitrogens with one attached hydrogen (secondary N) is 1. The van der Waals surface area contributed by atoms with Crippen molar-refractivity contribution in [3.8, 4) is 0 Å². The first kappa shape index (κ1) is 18.1. The van der Waals surface area contributed by atoms with Gasteiger partial charge < -0.3 is 19.5 Å². The topological polar surface area (TPSA) is 49.7 Å². The van der Waals surface area contributed by atoms with E-state index in [1.54, 1.807) is 11.9 Å². The molecule has 2 amide bonds. The molecule has 0 saturated carbocycles. The Morgan fingerprint density at radius 2 is 2.35 bits per heavy atom. The molecule has 1 aromatic rings. The van der Waals surface area contributed by atoms with Crippen LogP contribution >= 0.6 is 11.6 Å². The number of carbonyl (C=O) groups excluding carboxylic acids is 1. The van der Waals surface area contributed by atoms with Gasteiger partial charge in [0.25, 0.3) is 0 Å². The van der Waals surface area contributed by atoms with Crippen molar-refractivity contribution >= 4 is 17.6 Å². The molecule has 0 spiro atoms. The average Bonchev–Trinajstić information content (AvgIpc) is 2.82. The molecule has 0 unspecified atom stereocenters. The molecule has 7 heteroatoms. The van der Waals surface area contributed by atoms with Crippen molar-refractivity contribution in [3.63, 3.8) is 0 Å². The van der Waals surface area contributed by atoms with E-state index in [0.717, 1.165) is 25.5 Å². The van der Waals surface area contributed by atoms with Gasteiger partial charge in [0.05, 0.1) is 24.8 Å². The minimum absolute atomic E-state index is 0.0740. The Morgan fingerprint density at radius 3 is 2.96 bits per heavy atom. The molecular formula is C16H27ClN4O2. The summed E-state index contributed by atoms with van der Waals surface area (Å²) in [4.78, 5) is 16.3. The van der Waals surface area contributed by atoms with Crippen molar-refractivity contribution in [2.45, 2.75) is 32.5 Å². The van der Waals surface area contributed by atoms with Gasteiger partial charge in [0.2, 0.25) is 0 Å². The zero-order valence-corrected chi connectivity index (χ0v) is 15.1. The number of aryl methyl sites for hydroxylation is 1. The predicted octanol–water partition coefficient (Wildman–Crippen LogP) is 1.93. The molecule has 0 aliphatic carbocycles. The van der Waals surface area contributed by atoms with Crippen molar-refractivity contribution in [2.75, 3.05) is 33.4 Å². The summed E-state index contributed by atoms with van der Waals surface area (Å²) in [5.74, 6) is 0. The second kappa shape index (κ2) is 8.04. The number of aromatic nitrogens is 1. The van der Waals surface area contributed by atoms with Gasteiger partial charge in [-0.15, -0.1) is 0 Å². The fraction of sp³-hybridized carbons (Fsp3) is 0.688. The van der Waals surface area contributed by atoms with E-state index in [9.17, 15) is 4.79 Å². The summed E-state index contributed by atoms with van der Waals surface area (Å²) in [5, 5.41) is 3.70. The van der Waals surface area contributed by atoms with Crippen LogP contribution in [-0.2, 0) is 18.3 Å². The number of morpholine rings is 1. The lowest BCUT2D eigenvalue weighted by atomic mass is 10.2. The molecule has 1 aliphatic rings. The van der Waals surface area contributed by atoms with Gasteiger partial charge in [-0.2, -0.15) is 0 Å². The van der Waals surface area contributed by atoms with Crippen molar-refractivity contribution < 1.29 is 9.53 Å². The monoisotopic (exact) mass is 342 g/mol. The lowest BCUT2D eigenvalue weighted by Gasteiger charge is -2.38. The van der Waals surface area contributed by atoms with Gasteiger partial charge in [0.1, 0.15) is 0 Å². The molecule has 1 aromatic heterocycles. The van der Waals surface area contributed by atoms with E-state index in [1.807, 2.05) is 23.9 Å². The second-order valence-electron chi connectivity index (χ2n) is 6.31. The number of nitrogens with zero attached hydrogens (tertiary/aromatic N) is 3. The molecule has 0 aromatic carbocycles. The highest BCUT2D eigenvalue weighted by Gasteiger charge is 2.24. The summed E-state index contributed by atoms with van der Waals surface area (Å²) in [6.07, 6.45) is 1.84. The summed E-state index contributed by atoms with van der Waals surface area (Å²) >= 11 is 5.98. The molecule has 1 fully saturated rings. The lowest BCUT2D eigenvalue weighted by Crippen LogP contribution is -2.52. The van der Waals surface area contributed by atoms with E-state index in [-0.39, 0.29) is 12.1 Å². The highest BCUT2D eigenvalue weighted by atomic mass is 35.5. The standard InChI is InChI=1S/C16H27ClN4O2/c1-12(21-5-6-23-11-13(21)2)8-18-16(22)20(4)10-15-7-14(17)9-19(15)3/h7,9,12-13H,5-6,8,10-11H2,1-4H3,(H,18,22)/t12-,13-/m1/s1. The SMILES string of the molecule is C[C@H](CNC(=O)N(C)Cc1cc(Cl)cn1C)N1CCOC[C@H]1C. The summed E-state index contributed by atoms with van der Waals surface area (Å²) in [5.41, 5.74) is 1.00. The van der Waals surface area contributed by atoms with E-state index in [1.165, 1.54) is 0 Å². The molecule has 6 nitrogen and oxygen atoms in total. The summed E-state index contributed by atoms with van der Waals surface area (Å²) in [6.45, 7) is 7.87. The Hall–Kier alpha value is -1.24. The van der Waals surface area contributed by atoms with Crippen LogP contribution in [0.3, 0.4) is 0 Å². The zero-order valence-electron chi connectivity index (χ0n) is 14.4. The van der Waals surface area contributed by atoms with Gasteiger partial charge in [-0.3, -0.25) is 4.90 Å². The molecule has 0 radical (unpaired) electrons. The molecule has 2 atom stereocenters. The van der Waals surface area contributed by atoms with Crippen LogP contribution in [0.25, 0.3) is 0 Å². The minimum atomic E-state index is -0.0740.